The van der Waals surface area contributed by atoms with Crippen LogP contribution in [0.25, 0.3) is 0 Å². The Bertz CT molecular complexity index is 196. The number of likely N-dealkylation sites (tertiary alicyclic amines) is 1. The first-order valence-corrected chi connectivity index (χ1v) is 6.08. The van der Waals surface area contributed by atoms with Gasteiger partial charge in [-0.15, -0.1) is 0 Å². The van der Waals surface area contributed by atoms with Crippen LogP contribution < -0.4 is 5.73 Å². The molecule has 0 aromatic carbocycles. The minimum absolute atomic E-state index is 0.534. The maximum Gasteiger partial charge on any atom is 0.00502 e. The summed E-state index contributed by atoms with van der Waals surface area (Å²) in [5, 5.41) is 0. The molecule has 0 aromatic rings. The Morgan fingerprint density at radius 1 is 1.43 bits per heavy atom. The predicted octanol–water partition coefficient (Wildman–Crippen LogP) is 1.70. The van der Waals surface area contributed by atoms with E-state index in [9.17, 15) is 0 Å². The van der Waals surface area contributed by atoms with Crippen molar-refractivity contribution in [2.45, 2.75) is 33.1 Å². The van der Waals surface area contributed by atoms with Crippen LogP contribution in [0.1, 0.15) is 33.1 Å². The van der Waals surface area contributed by atoms with Gasteiger partial charge in [0.2, 0.25) is 0 Å². The van der Waals surface area contributed by atoms with Gasteiger partial charge >= 0.3 is 0 Å². The van der Waals surface area contributed by atoms with E-state index in [-0.39, 0.29) is 0 Å². The monoisotopic (exact) mass is 196 g/mol. The molecule has 1 saturated carbocycles. The van der Waals surface area contributed by atoms with Crippen LogP contribution in [0.5, 0.6) is 0 Å². The summed E-state index contributed by atoms with van der Waals surface area (Å²) in [4.78, 5) is 2.64. The van der Waals surface area contributed by atoms with Crippen LogP contribution in [0, 0.1) is 17.3 Å². The van der Waals surface area contributed by atoms with Gasteiger partial charge in [0.25, 0.3) is 0 Å². The normalized spacial score (nSPS) is 31.3. The van der Waals surface area contributed by atoms with E-state index >= 15 is 0 Å². The molecule has 1 saturated heterocycles. The topological polar surface area (TPSA) is 29.3 Å². The highest BCUT2D eigenvalue weighted by Gasteiger charge is 2.43. The first-order valence-electron chi connectivity index (χ1n) is 6.08. The van der Waals surface area contributed by atoms with Crippen molar-refractivity contribution in [2.75, 3.05) is 26.2 Å². The Hall–Kier alpha value is -0.0800. The Labute approximate surface area is 87.8 Å². The molecule has 1 aliphatic carbocycles. The zero-order chi connectivity index (χ0) is 10.2. The molecule has 2 N–H and O–H groups in total. The summed E-state index contributed by atoms with van der Waals surface area (Å²) >= 11 is 0. The van der Waals surface area contributed by atoms with Gasteiger partial charge < -0.3 is 10.6 Å². The summed E-state index contributed by atoms with van der Waals surface area (Å²) in [7, 11) is 0. The number of nitrogens with two attached hydrogens (primary N) is 1. The number of rotatable bonds is 4. The highest BCUT2D eigenvalue weighted by molar-refractivity contribution is 4.97. The first-order chi connectivity index (χ1) is 6.65. The molecule has 1 aliphatic heterocycles. The molecule has 14 heavy (non-hydrogen) atoms. The Morgan fingerprint density at radius 3 is 2.57 bits per heavy atom. The number of nitrogens with zero attached hydrogens (tertiary/aromatic N) is 1. The second-order valence-electron chi connectivity index (χ2n) is 5.73. The molecule has 1 heterocycles. The SMILES string of the molecule is CC(C)C1CCN(CC2(CN)CC2)C1. The largest absolute Gasteiger partial charge is 0.330 e. The third-order valence-corrected chi connectivity index (χ3v) is 4.20. The fraction of sp³-hybridized carbons (Fsp3) is 1.00. The molecule has 0 bridgehead atoms. The molecular formula is C12H24N2. The minimum Gasteiger partial charge on any atom is -0.330 e. The maximum atomic E-state index is 5.81. The average molecular weight is 196 g/mol. The van der Waals surface area contributed by atoms with E-state index in [1.807, 2.05) is 0 Å². The number of hydrogen-bond donors (Lipinski definition) is 1. The highest BCUT2D eigenvalue weighted by Crippen LogP contribution is 2.45. The fourth-order valence-electron chi connectivity index (χ4n) is 2.63. The summed E-state index contributed by atoms with van der Waals surface area (Å²) in [6.45, 7) is 9.50. The maximum absolute atomic E-state index is 5.81. The average Bonchev–Trinajstić information content (AvgIpc) is 2.75. The van der Waals surface area contributed by atoms with Crippen molar-refractivity contribution in [1.82, 2.24) is 4.90 Å². The van der Waals surface area contributed by atoms with Crippen LogP contribution in [0.2, 0.25) is 0 Å². The van der Waals surface area contributed by atoms with Crippen molar-refractivity contribution >= 4 is 0 Å². The van der Waals surface area contributed by atoms with Gasteiger partial charge in [0, 0.05) is 13.1 Å². The van der Waals surface area contributed by atoms with Gasteiger partial charge in [-0.2, -0.15) is 0 Å². The van der Waals surface area contributed by atoms with E-state index in [1.165, 1.54) is 38.9 Å². The molecule has 2 rings (SSSR count). The van der Waals surface area contributed by atoms with Crippen molar-refractivity contribution in [3.05, 3.63) is 0 Å². The molecule has 0 spiro atoms. The smallest absolute Gasteiger partial charge is 0.00502 e. The molecule has 2 aliphatic rings. The van der Waals surface area contributed by atoms with Gasteiger partial charge in [-0.25, -0.2) is 0 Å². The predicted molar refractivity (Wildman–Crippen MR) is 60.1 cm³/mol. The van der Waals surface area contributed by atoms with Gasteiger partial charge in [0.15, 0.2) is 0 Å². The van der Waals surface area contributed by atoms with Crippen molar-refractivity contribution in [3.63, 3.8) is 0 Å². The Morgan fingerprint density at radius 2 is 2.14 bits per heavy atom. The van der Waals surface area contributed by atoms with Crippen LogP contribution in [0.3, 0.4) is 0 Å². The lowest BCUT2D eigenvalue weighted by atomic mass is 9.95. The van der Waals surface area contributed by atoms with Crippen LogP contribution >= 0.6 is 0 Å². The van der Waals surface area contributed by atoms with Gasteiger partial charge in [0.1, 0.15) is 0 Å². The van der Waals surface area contributed by atoms with E-state index in [4.69, 9.17) is 5.73 Å². The standard InChI is InChI=1S/C12H24N2/c1-10(2)11-3-6-14(7-11)9-12(8-13)4-5-12/h10-11H,3-9,13H2,1-2H3. The lowest BCUT2D eigenvalue weighted by Crippen LogP contribution is -2.33. The molecular weight excluding hydrogens is 172 g/mol. The first kappa shape index (κ1) is 10.4. The highest BCUT2D eigenvalue weighted by atomic mass is 15.2. The lowest BCUT2D eigenvalue weighted by Gasteiger charge is -2.22. The summed E-state index contributed by atoms with van der Waals surface area (Å²) < 4.78 is 0. The van der Waals surface area contributed by atoms with Crippen LogP contribution in [-0.2, 0) is 0 Å². The van der Waals surface area contributed by atoms with Crippen LogP contribution in [0.15, 0.2) is 0 Å². The molecule has 1 unspecified atom stereocenters. The molecule has 0 aromatic heterocycles. The summed E-state index contributed by atoms with van der Waals surface area (Å²) in [5.74, 6) is 1.79. The summed E-state index contributed by atoms with van der Waals surface area (Å²) in [5.41, 5.74) is 6.35. The van der Waals surface area contributed by atoms with Crippen molar-refractivity contribution < 1.29 is 0 Å². The van der Waals surface area contributed by atoms with Crippen LogP contribution in [0.4, 0.5) is 0 Å². The van der Waals surface area contributed by atoms with Gasteiger partial charge in [-0.3, -0.25) is 0 Å². The van der Waals surface area contributed by atoms with E-state index in [2.05, 4.69) is 18.7 Å². The molecule has 82 valence electrons. The van der Waals surface area contributed by atoms with Gasteiger partial charge in [-0.1, -0.05) is 13.8 Å². The molecule has 0 amide bonds. The number of hydrogen-bond acceptors (Lipinski definition) is 2. The quantitative estimate of drug-likeness (QED) is 0.741. The van der Waals surface area contributed by atoms with E-state index in [1.54, 1.807) is 0 Å². The summed E-state index contributed by atoms with van der Waals surface area (Å²) in [6, 6.07) is 0. The lowest BCUT2D eigenvalue weighted by molar-refractivity contribution is 0.249. The second-order valence-corrected chi connectivity index (χ2v) is 5.73. The van der Waals surface area contributed by atoms with Gasteiger partial charge in [0.05, 0.1) is 0 Å². The molecule has 2 heteroatoms. The van der Waals surface area contributed by atoms with E-state index in [0.29, 0.717) is 5.41 Å². The molecule has 1 atom stereocenters. The third kappa shape index (κ3) is 2.12. The molecule has 2 fully saturated rings. The minimum atomic E-state index is 0.534. The van der Waals surface area contributed by atoms with Crippen molar-refractivity contribution in [1.29, 1.82) is 0 Å². The van der Waals surface area contributed by atoms with Crippen molar-refractivity contribution in [2.24, 2.45) is 23.0 Å². The van der Waals surface area contributed by atoms with Gasteiger partial charge in [-0.05, 0) is 49.6 Å². The van der Waals surface area contributed by atoms with E-state index < -0.39 is 0 Å². The fourth-order valence-corrected chi connectivity index (χ4v) is 2.63. The Balaban J connectivity index is 1.79. The summed E-state index contributed by atoms with van der Waals surface area (Å²) in [6.07, 6.45) is 4.14. The van der Waals surface area contributed by atoms with E-state index in [0.717, 1.165) is 18.4 Å². The molecule has 2 nitrogen and oxygen atoms in total. The van der Waals surface area contributed by atoms with Crippen LogP contribution in [-0.4, -0.2) is 31.1 Å². The second kappa shape index (κ2) is 3.82. The Kier molecular flexibility index (Phi) is 2.85. The zero-order valence-corrected chi connectivity index (χ0v) is 9.63. The van der Waals surface area contributed by atoms with Crippen molar-refractivity contribution in [3.8, 4) is 0 Å². The third-order valence-electron chi connectivity index (χ3n) is 4.20. The molecule has 0 radical (unpaired) electrons. The zero-order valence-electron chi connectivity index (χ0n) is 9.63.